The summed E-state index contributed by atoms with van der Waals surface area (Å²) < 4.78 is 50.7. The quantitative estimate of drug-likeness (QED) is 0.0502. The summed E-state index contributed by atoms with van der Waals surface area (Å²) in [6, 6.07) is 33.1. The molecule has 0 bridgehead atoms. The van der Waals surface area contributed by atoms with Gasteiger partial charge in [0.05, 0.1) is 68.7 Å². The van der Waals surface area contributed by atoms with Crippen LogP contribution in [0.15, 0.2) is 97.1 Å². The number of nitrogens with two attached hydrogens (primary N) is 3. The van der Waals surface area contributed by atoms with Crippen molar-refractivity contribution in [1.82, 2.24) is 58.6 Å². The molecule has 28 nitrogen and oxygen atoms in total. The summed E-state index contributed by atoms with van der Waals surface area (Å²) in [7, 11) is 14.9. The van der Waals surface area contributed by atoms with Gasteiger partial charge >= 0.3 is 0 Å². The largest absolute Gasteiger partial charge is 0.487 e. The van der Waals surface area contributed by atoms with Gasteiger partial charge in [0.15, 0.2) is 0 Å². The van der Waals surface area contributed by atoms with Gasteiger partial charge in [-0.3, -0.25) is 24.1 Å². The Morgan fingerprint density at radius 2 is 1.20 bits per heavy atom. The third-order valence-corrected chi connectivity index (χ3v) is 19.3. The molecular formula is C68H116N18O10S2. The molecule has 5 aliphatic rings. The standard InChI is InChI=1S/C14H15NO.C9H19NO2.C8H17N3O.C8H16N2O2.C8H10N2O.C7H17N3O2S.C7H15N3O.C7H7N3S/c1-15-13-9-5-6-10-14(13)16-11-12-7-3-2-4-8-12;1-10-8-2-4-9(5-3-8)12-7-6-11;1-10-7-2-4-11(5-3-7)8(12)6-9;1-9-8(11)2-3-10-4-6-12-7-5-10;1-10-7-4-2-3-6(5-7)8(9)11;1-8-7-4-5-10(6-7)13(11,12)9(2)3;1-9-6-2-3-10(5-6)7(11)4-8;1-8-5-3-2-4-6-7(5)10-11-9-6/h2-10,15H,11H2,1H3;8-11H,2-7H2,1H3;7,10H,2-6,9H2,1H3;2-7H2,1H3,(H,9,11);2-5,10H,1H3,(H2,9,11);7-8H,4-6H2,1-3H3;6,9H,2-5,8H2,1H3;2-4,8H,1H3. The summed E-state index contributed by atoms with van der Waals surface area (Å²) in [5.74, 6) is 0.727. The summed E-state index contributed by atoms with van der Waals surface area (Å²) in [4.78, 5) is 49.6. The van der Waals surface area contributed by atoms with Crippen LogP contribution >= 0.6 is 11.7 Å². The van der Waals surface area contributed by atoms with Gasteiger partial charge < -0.3 is 88.9 Å². The first-order valence-corrected chi connectivity index (χ1v) is 35.9. The number of fused-ring (bicyclic) bond motifs is 1. The Balaban J connectivity index is 0.000000292. The van der Waals surface area contributed by atoms with Crippen LogP contribution in [0.5, 0.6) is 5.75 Å². The van der Waals surface area contributed by atoms with E-state index in [0.717, 1.165) is 131 Å². The Bertz CT molecular complexity index is 3080. The number of piperidine rings is 1. The van der Waals surface area contributed by atoms with Crippen LogP contribution in [-0.4, -0.2) is 268 Å². The molecule has 550 valence electrons. The van der Waals surface area contributed by atoms with E-state index in [1.165, 1.54) is 38.7 Å². The number of benzene rings is 4. The monoisotopic (exact) mass is 1410 g/mol. The van der Waals surface area contributed by atoms with Gasteiger partial charge in [0.2, 0.25) is 23.6 Å². The second kappa shape index (κ2) is 49.7. The molecule has 10 rings (SSSR count). The molecule has 1 saturated carbocycles. The van der Waals surface area contributed by atoms with E-state index in [9.17, 15) is 27.6 Å². The highest BCUT2D eigenvalue weighted by atomic mass is 32.2. The highest BCUT2D eigenvalue weighted by molar-refractivity contribution is 7.86. The van der Waals surface area contributed by atoms with Gasteiger partial charge in [-0.1, -0.05) is 54.6 Å². The van der Waals surface area contributed by atoms with Crippen molar-refractivity contribution in [1.29, 1.82) is 0 Å². The first-order valence-electron chi connectivity index (χ1n) is 33.7. The van der Waals surface area contributed by atoms with Gasteiger partial charge in [-0.2, -0.15) is 25.8 Å². The van der Waals surface area contributed by atoms with Gasteiger partial charge in [0.1, 0.15) is 23.4 Å². The lowest BCUT2D eigenvalue weighted by Gasteiger charge is -2.31. The molecule has 98 heavy (non-hydrogen) atoms. The minimum Gasteiger partial charge on any atom is -0.487 e. The summed E-state index contributed by atoms with van der Waals surface area (Å²) in [6.45, 7) is 10.4. The van der Waals surface area contributed by atoms with Crippen molar-refractivity contribution in [2.45, 2.75) is 94.7 Å². The zero-order valence-corrected chi connectivity index (χ0v) is 61.2. The third-order valence-electron chi connectivity index (χ3n) is 16.9. The number of rotatable bonds is 21. The molecule has 1 aromatic heterocycles. The second-order valence-corrected chi connectivity index (χ2v) is 26.2. The lowest BCUT2D eigenvalue weighted by Crippen LogP contribution is -2.45. The summed E-state index contributed by atoms with van der Waals surface area (Å²) in [5, 5.41) is 33.0. The number of carbonyl (C=O) groups excluding carboxylic acids is 4. The number of primary amides is 1. The van der Waals surface area contributed by atoms with Crippen LogP contribution in [0.2, 0.25) is 0 Å². The van der Waals surface area contributed by atoms with Gasteiger partial charge in [-0.15, -0.1) is 0 Å². The maximum absolute atomic E-state index is 11.6. The molecular weight excluding hydrogens is 1290 g/mol. The lowest BCUT2D eigenvalue weighted by atomic mass is 9.93. The zero-order valence-electron chi connectivity index (χ0n) is 59.6. The number of morpholine rings is 1. The Labute approximate surface area is 587 Å². The zero-order chi connectivity index (χ0) is 72.1. The van der Waals surface area contributed by atoms with Gasteiger partial charge in [-0.05, 0) is 128 Å². The Hall–Kier alpha value is -6.75. The van der Waals surface area contributed by atoms with E-state index in [1.54, 1.807) is 51.3 Å². The SMILES string of the molecule is CNC(=O)CCN1CCOCC1.CNC1CCC(OCCO)CC1.CNC1CCN(C(=O)CN)C1.CNC1CCN(C(=O)CN)CC1.CNC1CCN(S(=O)(=O)N(C)C)C1.CNc1cccc(C(N)=O)c1.CNc1cccc2nsnc12.CNc1ccccc1OCc1ccccc1. The van der Waals surface area contributed by atoms with Gasteiger partial charge in [0, 0.05) is 143 Å². The molecule has 4 saturated heterocycles. The van der Waals surface area contributed by atoms with Crippen LogP contribution < -0.4 is 64.5 Å². The fourth-order valence-electron chi connectivity index (χ4n) is 10.6. The third kappa shape index (κ3) is 32.5. The summed E-state index contributed by atoms with van der Waals surface area (Å²) in [6.07, 6.45) is 9.67. The number of hydrogen-bond acceptors (Lipinski definition) is 23. The number of carbonyl (C=O) groups is 4. The van der Waals surface area contributed by atoms with E-state index in [4.69, 9.17) is 36.5 Å². The predicted octanol–water partition coefficient (Wildman–Crippen LogP) is 2.86. The topological polar surface area (TPSA) is 367 Å². The molecule has 30 heteroatoms. The van der Waals surface area contributed by atoms with Crippen LogP contribution in [0.4, 0.5) is 17.1 Å². The van der Waals surface area contributed by atoms with E-state index in [-0.39, 0.29) is 37.4 Å². The molecule has 2 atom stereocenters. The molecule has 1 aliphatic carbocycles. The molecule has 4 amide bonds. The second-order valence-electron chi connectivity index (χ2n) is 23.5. The fourth-order valence-corrected chi connectivity index (χ4v) is 12.3. The van der Waals surface area contributed by atoms with Crippen LogP contribution in [-0.2, 0) is 40.7 Å². The van der Waals surface area contributed by atoms with Crippen molar-refractivity contribution in [3.05, 3.63) is 108 Å². The Morgan fingerprint density at radius 3 is 1.77 bits per heavy atom. The number of amides is 4. The number of aliphatic hydroxyl groups excluding tert-OH is 1. The number of anilines is 3. The maximum Gasteiger partial charge on any atom is 0.281 e. The smallest absolute Gasteiger partial charge is 0.281 e. The maximum atomic E-state index is 11.6. The minimum absolute atomic E-state index is 0.0581. The number of hydrogen-bond donors (Lipinski definition) is 12. The van der Waals surface area contributed by atoms with Crippen molar-refractivity contribution < 1.29 is 46.9 Å². The average Bonchev–Trinajstić information content (AvgIpc) is 1.76. The van der Waals surface area contributed by atoms with Crippen molar-refractivity contribution in [3.8, 4) is 5.75 Å². The molecule has 5 heterocycles. The normalized spacial score (nSPS) is 18.4. The van der Waals surface area contributed by atoms with Crippen LogP contribution in [0.25, 0.3) is 11.0 Å². The highest BCUT2D eigenvalue weighted by Gasteiger charge is 2.32. The first kappa shape index (κ1) is 85.5. The van der Waals surface area contributed by atoms with Crippen LogP contribution in [0.1, 0.15) is 73.7 Å². The number of para-hydroxylation sites is 2. The number of likely N-dealkylation sites (tertiary alicyclic amines) is 2. The fraction of sp³-hybridized carbons (Fsp3) is 0.588. The minimum atomic E-state index is -3.19. The molecule has 15 N–H and O–H groups in total. The molecule has 2 unspecified atom stereocenters. The van der Waals surface area contributed by atoms with E-state index >= 15 is 0 Å². The van der Waals surface area contributed by atoms with E-state index in [0.29, 0.717) is 68.6 Å². The molecule has 0 spiro atoms. The van der Waals surface area contributed by atoms with E-state index < -0.39 is 16.1 Å². The number of nitrogens with zero attached hydrogens (tertiary/aromatic N) is 7. The van der Waals surface area contributed by atoms with Crippen molar-refractivity contribution in [2.24, 2.45) is 17.2 Å². The van der Waals surface area contributed by atoms with Crippen molar-refractivity contribution in [2.75, 3.05) is 185 Å². The first-order chi connectivity index (χ1) is 47.3. The summed E-state index contributed by atoms with van der Waals surface area (Å²) >= 11 is 1.24. The number of nitrogens with one attached hydrogen (secondary N) is 8. The Morgan fingerprint density at radius 1 is 0.643 bits per heavy atom. The predicted molar refractivity (Wildman–Crippen MR) is 395 cm³/mol. The number of aliphatic hydroxyl groups is 1. The lowest BCUT2D eigenvalue weighted by molar-refractivity contribution is -0.131. The highest BCUT2D eigenvalue weighted by Crippen LogP contribution is 2.25. The number of likely N-dealkylation sites (N-methyl/N-ethyl adjacent to an activating group) is 2. The number of aromatic nitrogens is 2. The average molecular weight is 1410 g/mol. The van der Waals surface area contributed by atoms with Crippen LogP contribution in [0.3, 0.4) is 0 Å². The van der Waals surface area contributed by atoms with Crippen molar-refractivity contribution in [3.63, 3.8) is 0 Å². The van der Waals surface area contributed by atoms with Crippen LogP contribution in [0, 0.1) is 0 Å². The van der Waals surface area contributed by atoms with Gasteiger partial charge in [0.25, 0.3) is 10.2 Å². The molecule has 4 aromatic carbocycles. The van der Waals surface area contributed by atoms with Crippen molar-refractivity contribution >= 4 is 73.7 Å². The van der Waals surface area contributed by atoms with Gasteiger partial charge in [-0.25, -0.2) is 0 Å². The Kier molecular flexibility index (Phi) is 43.4. The summed E-state index contributed by atoms with van der Waals surface area (Å²) in [5.41, 5.74) is 22.1. The van der Waals surface area contributed by atoms with E-state index in [2.05, 4.69) is 68.3 Å². The molecule has 0 radical (unpaired) electrons. The molecule has 4 aliphatic heterocycles. The number of ether oxygens (including phenoxy) is 3. The molecule has 5 fully saturated rings. The molecule has 5 aromatic rings. The van der Waals surface area contributed by atoms with E-state index in [1.807, 2.05) is 114 Å².